The fourth-order valence-corrected chi connectivity index (χ4v) is 2.99. The van der Waals surface area contributed by atoms with Crippen molar-refractivity contribution in [3.8, 4) is 28.7 Å². The fourth-order valence-electron chi connectivity index (χ4n) is 2.99. The van der Waals surface area contributed by atoms with Crippen molar-refractivity contribution in [1.82, 2.24) is 0 Å². The minimum absolute atomic E-state index is 0.0887. The van der Waals surface area contributed by atoms with Crippen LogP contribution < -0.4 is 14.2 Å². The first kappa shape index (κ1) is 17.2. The summed E-state index contributed by atoms with van der Waals surface area (Å²) in [6.45, 7) is 4.79. The molecule has 25 heavy (non-hydrogen) atoms. The number of phenols is 2. The predicted molar refractivity (Wildman–Crippen MR) is 91.6 cm³/mol. The Morgan fingerprint density at radius 1 is 1.04 bits per heavy atom. The summed E-state index contributed by atoms with van der Waals surface area (Å²) in [5.41, 5.74) is 1.21. The van der Waals surface area contributed by atoms with E-state index in [0.717, 1.165) is 5.56 Å². The van der Waals surface area contributed by atoms with E-state index in [0.29, 0.717) is 36.0 Å². The molecule has 0 saturated carbocycles. The van der Waals surface area contributed by atoms with Crippen molar-refractivity contribution in [2.24, 2.45) is 0 Å². The Bertz CT molecular complexity index is 758. The lowest BCUT2D eigenvalue weighted by Crippen LogP contribution is -2.30. The van der Waals surface area contributed by atoms with Crippen molar-refractivity contribution in [2.75, 3.05) is 13.2 Å². The summed E-state index contributed by atoms with van der Waals surface area (Å²) in [5.74, 6) is 1.40. The first-order valence-corrected chi connectivity index (χ1v) is 8.32. The van der Waals surface area contributed by atoms with E-state index >= 15 is 0 Å². The minimum atomic E-state index is -0.838. The average molecular weight is 346 g/mol. The van der Waals surface area contributed by atoms with E-state index in [2.05, 4.69) is 0 Å². The molecule has 6 heteroatoms. The van der Waals surface area contributed by atoms with Gasteiger partial charge < -0.3 is 29.5 Å². The first-order valence-electron chi connectivity index (χ1n) is 8.32. The van der Waals surface area contributed by atoms with Gasteiger partial charge in [-0.05, 0) is 31.5 Å². The van der Waals surface area contributed by atoms with Crippen LogP contribution in [0.25, 0.3) is 0 Å². The lowest BCUT2D eigenvalue weighted by atomic mass is 9.94. The van der Waals surface area contributed by atoms with Crippen LogP contribution >= 0.6 is 0 Å². The van der Waals surface area contributed by atoms with Crippen molar-refractivity contribution >= 4 is 0 Å². The topological polar surface area (TPSA) is 88.4 Å². The fraction of sp³-hybridized carbons (Fsp3) is 0.368. The van der Waals surface area contributed by atoms with Gasteiger partial charge in [0.15, 0.2) is 11.5 Å². The summed E-state index contributed by atoms with van der Waals surface area (Å²) in [7, 11) is 0. The summed E-state index contributed by atoms with van der Waals surface area (Å²) < 4.78 is 17.0. The second-order valence-corrected chi connectivity index (χ2v) is 5.82. The van der Waals surface area contributed by atoms with Crippen molar-refractivity contribution < 1.29 is 29.5 Å². The molecule has 2 aromatic rings. The van der Waals surface area contributed by atoms with E-state index in [1.54, 1.807) is 12.1 Å². The molecule has 0 bridgehead atoms. The second-order valence-electron chi connectivity index (χ2n) is 5.82. The van der Waals surface area contributed by atoms with Crippen LogP contribution in [0, 0.1) is 0 Å². The molecule has 3 N–H and O–H groups in total. The Labute approximate surface area is 146 Å². The third-order valence-electron chi connectivity index (χ3n) is 4.08. The van der Waals surface area contributed by atoms with Gasteiger partial charge >= 0.3 is 0 Å². The van der Waals surface area contributed by atoms with Crippen molar-refractivity contribution in [3.63, 3.8) is 0 Å². The van der Waals surface area contributed by atoms with Crippen molar-refractivity contribution in [3.05, 3.63) is 41.5 Å². The molecule has 0 fully saturated rings. The first-order chi connectivity index (χ1) is 12.0. The molecule has 0 spiro atoms. The predicted octanol–water partition coefficient (Wildman–Crippen LogP) is 2.93. The number of benzene rings is 2. The van der Waals surface area contributed by atoms with Gasteiger partial charge in [-0.1, -0.05) is 6.07 Å². The van der Waals surface area contributed by atoms with Crippen LogP contribution in [-0.4, -0.2) is 34.6 Å². The highest BCUT2D eigenvalue weighted by Crippen LogP contribution is 2.43. The summed E-state index contributed by atoms with van der Waals surface area (Å²) in [6.07, 6.45) is -1.25. The standard InChI is InChI=1S/C19H22O6/c1-3-23-16-6-5-11(7-18(16)24-4-2)19-15(22)10-13-14(21)8-12(20)9-17(13)25-19/h5-9,15,19-22H,3-4,10H2,1-2H3/t15-,19-/m1/s1. The molecule has 3 rings (SSSR count). The van der Waals surface area contributed by atoms with Crippen LogP contribution in [-0.2, 0) is 6.42 Å². The zero-order valence-corrected chi connectivity index (χ0v) is 14.2. The van der Waals surface area contributed by atoms with E-state index < -0.39 is 12.2 Å². The molecule has 0 saturated heterocycles. The number of aliphatic hydroxyl groups excluding tert-OH is 1. The van der Waals surface area contributed by atoms with Crippen LogP contribution in [0.5, 0.6) is 28.7 Å². The summed E-state index contributed by atoms with van der Waals surface area (Å²) in [5, 5.41) is 30.1. The molecule has 2 aromatic carbocycles. The van der Waals surface area contributed by atoms with E-state index in [1.165, 1.54) is 12.1 Å². The SMILES string of the molecule is CCOc1ccc([C@H]2Oc3cc(O)cc(O)c3C[C@H]2O)cc1OCC. The Hall–Kier alpha value is -2.60. The molecule has 0 unspecified atom stereocenters. The van der Waals surface area contributed by atoms with Gasteiger partial charge in [0.05, 0.1) is 19.3 Å². The molecular formula is C19H22O6. The van der Waals surface area contributed by atoms with Crippen LogP contribution in [0.4, 0.5) is 0 Å². The van der Waals surface area contributed by atoms with Gasteiger partial charge in [0.1, 0.15) is 23.4 Å². The maximum Gasteiger partial charge on any atom is 0.161 e. The zero-order valence-electron chi connectivity index (χ0n) is 14.2. The van der Waals surface area contributed by atoms with Gasteiger partial charge in [-0.2, -0.15) is 0 Å². The molecule has 2 atom stereocenters. The minimum Gasteiger partial charge on any atom is -0.508 e. The van der Waals surface area contributed by atoms with E-state index in [-0.39, 0.29) is 17.9 Å². The zero-order chi connectivity index (χ0) is 18.0. The summed E-state index contributed by atoms with van der Waals surface area (Å²) in [4.78, 5) is 0. The number of rotatable bonds is 5. The van der Waals surface area contributed by atoms with Crippen molar-refractivity contribution in [1.29, 1.82) is 0 Å². The highest BCUT2D eigenvalue weighted by atomic mass is 16.5. The molecular weight excluding hydrogens is 324 g/mol. The maximum absolute atomic E-state index is 10.5. The average Bonchev–Trinajstić information content (AvgIpc) is 2.57. The van der Waals surface area contributed by atoms with E-state index in [9.17, 15) is 15.3 Å². The number of hydrogen-bond acceptors (Lipinski definition) is 6. The molecule has 134 valence electrons. The molecule has 1 aliphatic heterocycles. The molecule has 1 heterocycles. The third-order valence-corrected chi connectivity index (χ3v) is 4.08. The second kappa shape index (κ2) is 7.11. The molecule has 0 aliphatic carbocycles. The summed E-state index contributed by atoms with van der Waals surface area (Å²) >= 11 is 0. The van der Waals surface area contributed by atoms with Crippen LogP contribution in [0.15, 0.2) is 30.3 Å². The Balaban J connectivity index is 1.94. The Kier molecular flexibility index (Phi) is 4.90. The lowest BCUT2D eigenvalue weighted by molar-refractivity contribution is 0.0196. The molecule has 0 amide bonds. The maximum atomic E-state index is 10.5. The lowest BCUT2D eigenvalue weighted by Gasteiger charge is -2.31. The number of ether oxygens (including phenoxy) is 3. The Morgan fingerprint density at radius 3 is 2.48 bits per heavy atom. The number of aliphatic hydroxyl groups is 1. The smallest absolute Gasteiger partial charge is 0.161 e. The molecule has 6 nitrogen and oxygen atoms in total. The van der Waals surface area contributed by atoms with Gasteiger partial charge in [-0.25, -0.2) is 0 Å². The largest absolute Gasteiger partial charge is 0.508 e. The van der Waals surface area contributed by atoms with Gasteiger partial charge in [0.25, 0.3) is 0 Å². The van der Waals surface area contributed by atoms with Gasteiger partial charge in [0, 0.05) is 24.1 Å². The molecule has 1 aliphatic rings. The van der Waals surface area contributed by atoms with Crippen LogP contribution in [0.2, 0.25) is 0 Å². The monoisotopic (exact) mass is 346 g/mol. The van der Waals surface area contributed by atoms with Gasteiger partial charge in [-0.3, -0.25) is 0 Å². The molecule has 0 radical (unpaired) electrons. The quantitative estimate of drug-likeness (QED) is 0.771. The van der Waals surface area contributed by atoms with Crippen LogP contribution in [0.3, 0.4) is 0 Å². The number of phenolic OH excluding ortho intramolecular Hbond substituents is 2. The van der Waals surface area contributed by atoms with Crippen LogP contribution in [0.1, 0.15) is 31.1 Å². The highest BCUT2D eigenvalue weighted by molar-refractivity contribution is 5.52. The van der Waals surface area contributed by atoms with Crippen molar-refractivity contribution in [2.45, 2.75) is 32.5 Å². The third kappa shape index (κ3) is 3.44. The van der Waals surface area contributed by atoms with E-state index in [4.69, 9.17) is 14.2 Å². The van der Waals surface area contributed by atoms with Gasteiger partial charge in [-0.15, -0.1) is 0 Å². The normalized spacial score (nSPS) is 19.0. The number of fused-ring (bicyclic) bond motifs is 1. The number of aromatic hydroxyl groups is 2. The summed E-state index contributed by atoms with van der Waals surface area (Å²) in [6, 6.07) is 8.06. The van der Waals surface area contributed by atoms with Gasteiger partial charge in [0.2, 0.25) is 0 Å². The molecule has 0 aromatic heterocycles. The number of hydrogen-bond donors (Lipinski definition) is 3. The highest BCUT2D eigenvalue weighted by Gasteiger charge is 2.32. The van der Waals surface area contributed by atoms with E-state index in [1.807, 2.05) is 19.9 Å². The Morgan fingerprint density at radius 2 is 1.76 bits per heavy atom.